The Bertz CT molecular complexity index is 570. The number of imidazole rings is 1. The summed E-state index contributed by atoms with van der Waals surface area (Å²) in [4.78, 5) is 21.8. The number of carbonyl (C=O) groups is 1. The van der Waals surface area contributed by atoms with Crippen LogP contribution in [-0.4, -0.2) is 27.1 Å². The quantitative estimate of drug-likeness (QED) is 0.933. The number of nitrogens with one attached hydrogen (secondary N) is 1. The van der Waals surface area contributed by atoms with E-state index in [1.807, 2.05) is 6.92 Å². The van der Waals surface area contributed by atoms with Crippen LogP contribution in [0.3, 0.4) is 0 Å². The standard InChI is InChI=1S/C14H18N4O2/c1-10-9-20-17-12(10)13(19)18(14-15-7-8-16-14)11-5-3-2-4-6-11/h7-9,11H,2-6H2,1H3,(H,15,16). The monoisotopic (exact) mass is 274 g/mol. The van der Waals surface area contributed by atoms with Gasteiger partial charge in [-0.05, 0) is 19.8 Å². The Labute approximate surface area is 117 Å². The normalized spacial score (nSPS) is 16.2. The van der Waals surface area contributed by atoms with Crippen molar-refractivity contribution in [2.75, 3.05) is 4.90 Å². The zero-order chi connectivity index (χ0) is 13.9. The van der Waals surface area contributed by atoms with E-state index in [0.29, 0.717) is 11.6 Å². The first-order valence-corrected chi connectivity index (χ1v) is 7.01. The number of hydrogen-bond acceptors (Lipinski definition) is 4. The number of anilines is 1. The molecule has 0 spiro atoms. The molecule has 0 aromatic carbocycles. The lowest BCUT2D eigenvalue weighted by Gasteiger charge is -2.32. The molecule has 1 aliphatic carbocycles. The number of amides is 1. The van der Waals surface area contributed by atoms with Crippen LogP contribution in [0.25, 0.3) is 0 Å². The molecule has 0 saturated heterocycles. The van der Waals surface area contributed by atoms with E-state index < -0.39 is 0 Å². The van der Waals surface area contributed by atoms with E-state index in [1.54, 1.807) is 17.3 Å². The molecule has 0 aliphatic heterocycles. The molecule has 106 valence electrons. The van der Waals surface area contributed by atoms with E-state index in [1.165, 1.54) is 12.7 Å². The van der Waals surface area contributed by atoms with Gasteiger partial charge in [0.1, 0.15) is 6.26 Å². The summed E-state index contributed by atoms with van der Waals surface area (Å²) in [7, 11) is 0. The number of aromatic amines is 1. The Morgan fingerprint density at radius 2 is 2.20 bits per heavy atom. The van der Waals surface area contributed by atoms with E-state index in [2.05, 4.69) is 15.1 Å². The fourth-order valence-corrected chi connectivity index (χ4v) is 2.77. The summed E-state index contributed by atoms with van der Waals surface area (Å²) in [6.45, 7) is 1.82. The van der Waals surface area contributed by atoms with Crippen molar-refractivity contribution in [1.29, 1.82) is 0 Å². The van der Waals surface area contributed by atoms with Crippen molar-refractivity contribution in [3.8, 4) is 0 Å². The maximum Gasteiger partial charge on any atom is 0.283 e. The first kappa shape index (κ1) is 12.9. The smallest absolute Gasteiger partial charge is 0.283 e. The number of H-pyrrole nitrogens is 1. The molecule has 3 rings (SSSR count). The van der Waals surface area contributed by atoms with Crippen molar-refractivity contribution >= 4 is 11.9 Å². The van der Waals surface area contributed by atoms with Gasteiger partial charge in [-0.2, -0.15) is 0 Å². The predicted molar refractivity (Wildman–Crippen MR) is 73.5 cm³/mol. The average molecular weight is 274 g/mol. The molecule has 1 fully saturated rings. The van der Waals surface area contributed by atoms with Crippen LogP contribution in [0.5, 0.6) is 0 Å². The number of hydrogen-bond donors (Lipinski definition) is 1. The van der Waals surface area contributed by atoms with Crippen molar-refractivity contribution in [3.63, 3.8) is 0 Å². The van der Waals surface area contributed by atoms with Gasteiger partial charge in [-0.1, -0.05) is 24.4 Å². The van der Waals surface area contributed by atoms with E-state index >= 15 is 0 Å². The molecule has 2 aromatic rings. The summed E-state index contributed by atoms with van der Waals surface area (Å²) < 4.78 is 4.89. The summed E-state index contributed by atoms with van der Waals surface area (Å²) in [5, 5.41) is 3.83. The molecule has 6 heteroatoms. The molecule has 0 unspecified atom stereocenters. The van der Waals surface area contributed by atoms with Gasteiger partial charge in [0.25, 0.3) is 5.91 Å². The topological polar surface area (TPSA) is 75.0 Å². The van der Waals surface area contributed by atoms with Crippen LogP contribution in [0, 0.1) is 6.92 Å². The highest BCUT2D eigenvalue weighted by Crippen LogP contribution is 2.27. The lowest BCUT2D eigenvalue weighted by molar-refractivity contribution is 0.0959. The van der Waals surface area contributed by atoms with Gasteiger partial charge in [-0.25, -0.2) is 4.98 Å². The summed E-state index contributed by atoms with van der Waals surface area (Å²) in [5.74, 6) is 0.447. The third-order valence-electron chi connectivity index (χ3n) is 3.82. The first-order valence-electron chi connectivity index (χ1n) is 7.01. The average Bonchev–Trinajstić information content (AvgIpc) is 3.12. The Morgan fingerprint density at radius 1 is 1.40 bits per heavy atom. The highest BCUT2D eigenvalue weighted by atomic mass is 16.5. The number of nitrogens with zero attached hydrogens (tertiary/aromatic N) is 3. The Morgan fingerprint density at radius 3 is 2.80 bits per heavy atom. The van der Waals surface area contributed by atoms with E-state index in [-0.39, 0.29) is 11.9 Å². The minimum absolute atomic E-state index is 0.141. The second-order valence-corrected chi connectivity index (χ2v) is 5.23. The molecule has 1 amide bonds. The molecule has 1 N–H and O–H groups in total. The zero-order valence-electron chi connectivity index (χ0n) is 11.5. The van der Waals surface area contributed by atoms with E-state index in [9.17, 15) is 4.79 Å². The molecule has 2 heterocycles. The van der Waals surface area contributed by atoms with Gasteiger partial charge < -0.3 is 9.51 Å². The summed E-state index contributed by atoms with van der Waals surface area (Å²) in [5.41, 5.74) is 1.12. The van der Waals surface area contributed by atoms with Crippen LogP contribution in [0.15, 0.2) is 23.2 Å². The van der Waals surface area contributed by atoms with Crippen molar-refractivity contribution in [1.82, 2.24) is 15.1 Å². The van der Waals surface area contributed by atoms with E-state index in [4.69, 9.17) is 4.52 Å². The van der Waals surface area contributed by atoms with Crippen molar-refractivity contribution in [2.24, 2.45) is 0 Å². The van der Waals surface area contributed by atoms with Crippen molar-refractivity contribution in [3.05, 3.63) is 29.9 Å². The first-order chi connectivity index (χ1) is 9.77. The maximum atomic E-state index is 12.8. The summed E-state index contributed by atoms with van der Waals surface area (Å²) in [6, 6.07) is 0.179. The minimum Gasteiger partial charge on any atom is -0.364 e. The van der Waals surface area contributed by atoms with Crippen LogP contribution < -0.4 is 4.90 Å². The van der Waals surface area contributed by atoms with Gasteiger partial charge in [0.2, 0.25) is 5.95 Å². The van der Waals surface area contributed by atoms with Gasteiger partial charge in [-0.15, -0.1) is 0 Å². The fourth-order valence-electron chi connectivity index (χ4n) is 2.77. The third-order valence-corrected chi connectivity index (χ3v) is 3.82. The predicted octanol–water partition coefficient (Wildman–Crippen LogP) is 2.69. The van der Waals surface area contributed by atoms with Crippen LogP contribution >= 0.6 is 0 Å². The number of aromatic nitrogens is 3. The van der Waals surface area contributed by atoms with Crippen LogP contribution in [0.4, 0.5) is 5.95 Å². The molecule has 20 heavy (non-hydrogen) atoms. The van der Waals surface area contributed by atoms with Crippen LogP contribution in [0.1, 0.15) is 48.2 Å². The maximum absolute atomic E-state index is 12.8. The van der Waals surface area contributed by atoms with Crippen molar-refractivity contribution in [2.45, 2.75) is 45.1 Å². The minimum atomic E-state index is -0.141. The summed E-state index contributed by atoms with van der Waals surface area (Å²) in [6.07, 6.45) is 10.4. The number of carbonyl (C=O) groups excluding carboxylic acids is 1. The van der Waals surface area contributed by atoms with Gasteiger partial charge in [0.15, 0.2) is 5.69 Å². The molecule has 6 nitrogen and oxygen atoms in total. The van der Waals surface area contributed by atoms with Gasteiger partial charge >= 0.3 is 0 Å². The summed E-state index contributed by atoms with van der Waals surface area (Å²) >= 11 is 0. The van der Waals surface area contributed by atoms with Gasteiger partial charge in [0, 0.05) is 24.0 Å². The molecule has 0 atom stereocenters. The molecule has 1 aliphatic rings. The Balaban J connectivity index is 1.93. The molecule has 2 aromatic heterocycles. The highest BCUT2D eigenvalue weighted by Gasteiger charge is 2.31. The molecule has 0 radical (unpaired) electrons. The lowest BCUT2D eigenvalue weighted by atomic mass is 9.94. The second kappa shape index (κ2) is 5.48. The molecule has 0 bridgehead atoms. The Hall–Kier alpha value is -2.11. The number of rotatable bonds is 3. The molecular weight excluding hydrogens is 256 g/mol. The molecule has 1 saturated carbocycles. The van der Waals surface area contributed by atoms with Crippen molar-refractivity contribution < 1.29 is 9.32 Å². The fraction of sp³-hybridized carbons (Fsp3) is 0.500. The lowest BCUT2D eigenvalue weighted by Crippen LogP contribution is -2.42. The second-order valence-electron chi connectivity index (χ2n) is 5.23. The molecular formula is C14H18N4O2. The third kappa shape index (κ3) is 2.33. The Kier molecular flexibility index (Phi) is 3.54. The van der Waals surface area contributed by atoms with Crippen LogP contribution in [-0.2, 0) is 0 Å². The van der Waals surface area contributed by atoms with Crippen LogP contribution in [0.2, 0.25) is 0 Å². The van der Waals surface area contributed by atoms with Gasteiger partial charge in [-0.3, -0.25) is 9.69 Å². The highest BCUT2D eigenvalue weighted by molar-refractivity contribution is 6.04. The number of aryl methyl sites for hydroxylation is 1. The van der Waals surface area contributed by atoms with E-state index in [0.717, 1.165) is 31.2 Å². The zero-order valence-corrected chi connectivity index (χ0v) is 11.5. The largest absolute Gasteiger partial charge is 0.364 e. The SMILES string of the molecule is Cc1conc1C(=O)N(c1ncc[nH]1)C1CCCCC1. The van der Waals surface area contributed by atoms with Gasteiger partial charge in [0.05, 0.1) is 0 Å².